The monoisotopic (exact) mass is 520 g/mol. The molecule has 2 saturated heterocycles. The molecule has 2 fully saturated rings. The topological polar surface area (TPSA) is 199 Å². The largest absolute Gasteiger partial charge is 0.394 e. The third kappa shape index (κ3) is 5.85. The highest BCUT2D eigenvalue weighted by Crippen LogP contribution is 2.41. The quantitative estimate of drug-likeness (QED) is 0.170. The molecule has 12 nitrogen and oxygen atoms in total. The maximum atomic E-state index is 10.7. The Kier molecular flexibility index (Phi) is 9.36. The first-order valence-corrected chi connectivity index (χ1v) is 12.1. The molecular formula is C24H40O12. The molecule has 2 heterocycles. The molecule has 2 aliphatic heterocycles. The van der Waals surface area contributed by atoms with Crippen molar-refractivity contribution in [1.29, 1.82) is 0 Å². The highest BCUT2D eigenvalue weighted by atomic mass is 16.8. The molecule has 0 spiro atoms. The molecule has 3 rings (SSSR count). The maximum absolute atomic E-state index is 10.7. The molecule has 208 valence electrons. The summed E-state index contributed by atoms with van der Waals surface area (Å²) >= 11 is 0. The van der Waals surface area contributed by atoms with Crippen LogP contribution in [0, 0.1) is 5.41 Å². The van der Waals surface area contributed by atoms with Crippen LogP contribution >= 0.6 is 0 Å². The summed E-state index contributed by atoms with van der Waals surface area (Å²) < 4.78 is 22.4. The van der Waals surface area contributed by atoms with Gasteiger partial charge in [0.25, 0.3) is 0 Å². The lowest BCUT2D eigenvalue weighted by molar-refractivity contribution is -0.339. The standard InChI is InChI=1S/C24H40O12/c1-11(5-6-13-12(2)16(28)14(27)7-23(13,3)4)34-21-19(18(30)17(29)15(8-25)35-21)36-22-20(31)24(32,9-26)10-33-22/h5-6,11,14-22,25-32H,7-10H2,1-4H3. The van der Waals surface area contributed by atoms with Crippen LogP contribution in [-0.4, -0.2) is 128 Å². The lowest BCUT2D eigenvalue weighted by atomic mass is 9.70. The van der Waals surface area contributed by atoms with Crippen LogP contribution in [0.2, 0.25) is 0 Å². The smallest absolute Gasteiger partial charge is 0.187 e. The van der Waals surface area contributed by atoms with Gasteiger partial charge in [0.05, 0.1) is 32.0 Å². The SMILES string of the molecule is CC1=C(C=CC(C)OC2OC(CO)C(O)C(O)C2OC2OCC(O)(CO)C2O)C(C)(C)CC(O)C1O. The fraction of sp³-hybridized carbons (Fsp3) is 0.833. The van der Waals surface area contributed by atoms with Gasteiger partial charge < -0.3 is 59.8 Å². The molecule has 11 atom stereocenters. The second-order valence-electron chi connectivity index (χ2n) is 10.6. The molecule has 3 aliphatic rings. The maximum Gasteiger partial charge on any atom is 0.187 e. The molecule has 11 unspecified atom stereocenters. The van der Waals surface area contributed by atoms with Gasteiger partial charge in [0, 0.05) is 0 Å². The summed E-state index contributed by atoms with van der Waals surface area (Å²) in [7, 11) is 0. The Bertz CT molecular complexity index is 815. The van der Waals surface area contributed by atoms with Gasteiger partial charge in [-0.25, -0.2) is 0 Å². The van der Waals surface area contributed by atoms with Crippen molar-refractivity contribution in [3.63, 3.8) is 0 Å². The van der Waals surface area contributed by atoms with Crippen molar-refractivity contribution < 1.29 is 59.8 Å². The van der Waals surface area contributed by atoms with Crippen LogP contribution in [-0.2, 0) is 18.9 Å². The molecular weight excluding hydrogens is 480 g/mol. The van der Waals surface area contributed by atoms with Crippen molar-refractivity contribution in [3.8, 4) is 0 Å². The zero-order valence-corrected chi connectivity index (χ0v) is 21.0. The van der Waals surface area contributed by atoms with Crippen molar-refractivity contribution in [2.75, 3.05) is 19.8 Å². The van der Waals surface area contributed by atoms with E-state index in [0.29, 0.717) is 12.0 Å². The highest BCUT2D eigenvalue weighted by molar-refractivity contribution is 5.36. The molecule has 8 N–H and O–H groups in total. The zero-order chi connectivity index (χ0) is 27.0. The van der Waals surface area contributed by atoms with Gasteiger partial charge in [0.15, 0.2) is 12.6 Å². The molecule has 0 aromatic rings. The van der Waals surface area contributed by atoms with Crippen LogP contribution in [0.3, 0.4) is 0 Å². The van der Waals surface area contributed by atoms with Crippen LogP contribution in [0.4, 0.5) is 0 Å². The lowest BCUT2D eigenvalue weighted by Gasteiger charge is -2.43. The Balaban J connectivity index is 1.77. The second kappa shape index (κ2) is 11.4. The van der Waals surface area contributed by atoms with Gasteiger partial charge in [0.2, 0.25) is 0 Å². The fourth-order valence-electron chi connectivity index (χ4n) is 4.95. The van der Waals surface area contributed by atoms with E-state index in [1.807, 2.05) is 13.8 Å². The van der Waals surface area contributed by atoms with Gasteiger partial charge in [0.1, 0.15) is 42.2 Å². The second-order valence-corrected chi connectivity index (χ2v) is 10.6. The number of allylic oxidation sites excluding steroid dienone is 2. The molecule has 0 amide bonds. The van der Waals surface area contributed by atoms with Crippen LogP contribution < -0.4 is 0 Å². The minimum absolute atomic E-state index is 0.369. The highest BCUT2D eigenvalue weighted by Gasteiger charge is 2.53. The Hall–Kier alpha value is -1.00. The lowest BCUT2D eigenvalue weighted by Crippen LogP contribution is -2.61. The fourth-order valence-corrected chi connectivity index (χ4v) is 4.95. The third-order valence-electron chi connectivity index (χ3n) is 7.26. The minimum atomic E-state index is -1.96. The summed E-state index contributed by atoms with van der Waals surface area (Å²) in [5.41, 5.74) is -0.893. The Morgan fingerprint density at radius 1 is 1.08 bits per heavy atom. The Labute approximate surface area is 210 Å². The van der Waals surface area contributed by atoms with Gasteiger partial charge in [-0.3, -0.25) is 0 Å². The average molecular weight is 521 g/mol. The number of aliphatic hydroxyl groups is 8. The van der Waals surface area contributed by atoms with E-state index in [9.17, 15) is 40.9 Å². The Morgan fingerprint density at radius 2 is 1.75 bits per heavy atom. The molecule has 0 radical (unpaired) electrons. The molecule has 0 saturated carbocycles. The number of ether oxygens (including phenoxy) is 4. The van der Waals surface area contributed by atoms with Crippen LogP contribution in [0.15, 0.2) is 23.3 Å². The van der Waals surface area contributed by atoms with Crippen molar-refractivity contribution in [2.24, 2.45) is 5.41 Å². The number of rotatable bonds is 8. The summed E-state index contributed by atoms with van der Waals surface area (Å²) in [5, 5.41) is 80.9. The van der Waals surface area contributed by atoms with Gasteiger partial charge in [-0.1, -0.05) is 26.0 Å². The van der Waals surface area contributed by atoms with Crippen LogP contribution in [0.1, 0.15) is 34.1 Å². The van der Waals surface area contributed by atoms with Gasteiger partial charge >= 0.3 is 0 Å². The summed E-state index contributed by atoms with van der Waals surface area (Å²) in [6.45, 7) is 5.53. The van der Waals surface area contributed by atoms with E-state index in [0.717, 1.165) is 5.57 Å². The molecule has 12 heteroatoms. The Morgan fingerprint density at radius 3 is 2.33 bits per heavy atom. The van der Waals surface area contributed by atoms with Crippen molar-refractivity contribution in [1.82, 2.24) is 0 Å². The molecule has 0 aromatic carbocycles. The predicted molar refractivity (Wildman–Crippen MR) is 123 cm³/mol. The van der Waals surface area contributed by atoms with Gasteiger partial charge in [-0.2, -0.15) is 0 Å². The molecule has 1 aliphatic carbocycles. The number of hydrogen-bond acceptors (Lipinski definition) is 12. The third-order valence-corrected chi connectivity index (χ3v) is 7.26. The van der Waals surface area contributed by atoms with E-state index in [1.165, 1.54) is 0 Å². The first-order chi connectivity index (χ1) is 16.8. The normalized spacial score (nSPS) is 44.4. The number of aliphatic hydroxyl groups excluding tert-OH is 7. The number of hydrogen-bond donors (Lipinski definition) is 8. The van der Waals surface area contributed by atoms with E-state index in [-0.39, 0.29) is 0 Å². The summed E-state index contributed by atoms with van der Waals surface area (Å²) in [6, 6.07) is 0. The molecule has 36 heavy (non-hydrogen) atoms. The van der Waals surface area contributed by atoms with E-state index in [4.69, 9.17) is 18.9 Å². The summed E-state index contributed by atoms with van der Waals surface area (Å²) in [4.78, 5) is 0. The first-order valence-electron chi connectivity index (χ1n) is 12.1. The zero-order valence-electron chi connectivity index (χ0n) is 21.0. The van der Waals surface area contributed by atoms with E-state index in [1.54, 1.807) is 26.0 Å². The van der Waals surface area contributed by atoms with E-state index in [2.05, 4.69) is 0 Å². The molecule has 0 bridgehead atoms. The minimum Gasteiger partial charge on any atom is -0.394 e. The van der Waals surface area contributed by atoms with Crippen LogP contribution in [0.5, 0.6) is 0 Å². The summed E-state index contributed by atoms with van der Waals surface area (Å²) in [5.74, 6) is 0. The van der Waals surface area contributed by atoms with Crippen molar-refractivity contribution >= 4 is 0 Å². The van der Waals surface area contributed by atoms with Gasteiger partial charge in [-0.05, 0) is 36.8 Å². The molecule has 0 aromatic heterocycles. The predicted octanol–water partition coefficient (Wildman–Crippen LogP) is -2.32. The van der Waals surface area contributed by atoms with Gasteiger partial charge in [-0.15, -0.1) is 0 Å². The summed E-state index contributed by atoms with van der Waals surface area (Å²) in [6.07, 6.45) is -8.76. The van der Waals surface area contributed by atoms with E-state index < -0.39 is 92.2 Å². The van der Waals surface area contributed by atoms with E-state index >= 15 is 0 Å². The van der Waals surface area contributed by atoms with Crippen LogP contribution in [0.25, 0.3) is 0 Å². The van der Waals surface area contributed by atoms with Crippen molar-refractivity contribution in [2.45, 2.75) is 101 Å². The first kappa shape index (κ1) is 29.6. The van der Waals surface area contributed by atoms with Crippen molar-refractivity contribution in [3.05, 3.63) is 23.3 Å². The average Bonchev–Trinajstić information content (AvgIpc) is 3.10.